The number of rotatable bonds is 12. The maximum absolute atomic E-state index is 14.5. The van der Waals surface area contributed by atoms with Gasteiger partial charge in [-0.15, -0.1) is 0 Å². The molecule has 0 radical (unpaired) electrons. The summed E-state index contributed by atoms with van der Waals surface area (Å²) < 4.78 is 14.5. The minimum Gasteiger partial charge on any atom is -0.300 e. The molecule has 0 heterocycles. The minimum atomic E-state index is -3.14. The highest BCUT2D eigenvalue weighted by molar-refractivity contribution is 7.76. The summed E-state index contributed by atoms with van der Waals surface area (Å²) in [4.78, 5) is 12.8. The van der Waals surface area contributed by atoms with E-state index in [0.29, 0.717) is 12.8 Å². The normalized spacial score (nSPS) is 12.4. The molecule has 0 saturated heterocycles. The molecule has 0 bridgehead atoms. The molecule has 3 aromatic carbocycles. The van der Waals surface area contributed by atoms with Crippen molar-refractivity contribution in [3.05, 3.63) is 96.6 Å². The second kappa shape index (κ2) is 11.8. The molecule has 0 amide bonds. The van der Waals surface area contributed by atoms with Gasteiger partial charge in [-0.2, -0.15) is 0 Å². The summed E-state index contributed by atoms with van der Waals surface area (Å²) in [5.41, 5.74) is 0.983. The van der Waals surface area contributed by atoms with Gasteiger partial charge in [0.2, 0.25) is 7.29 Å². The van der Waals surface area contributed by atoms with E-state index in [-0.39, 0.29) is 11.8 Å². The number of nitrogens with one attached hydrogen (secondary N) is 1. The SMILES string of the molecule is CCCCCCC(=O)CC(NP(=O)(c1ccccc1)c1ccccc1)c1ccccc1. The molecule has 0 spiro atoms. The van der Waals surface area contributed by atoms with Crippen LogP contribution in [0.5, 0.6) is 0 Å². The second-order valence-corrected chi connectivity index (χ2v) is 10.4. The van der Waals surface area contributed by atoms with Gasteiger partial charge in [0.15, 0.2) is 0 Å². The summed E-state index contributed by atoms with van der Waals surface area (Å²) >= 11 is 0. The molecule has 0 saturated carbocycles. The van der Waals surface area contributed by atoms with Crippen LogP contribution in [0.1, 0.15) is 57.1 Å². The lowest BCUT2D eigenvalue weighted by atomic mass is 9.99. The third kappa shape index (κ3) is 6.50. The number of carbonyl (C=O) groups is 1. The molecule has 1 N–H and O–H groups in total. The summed E-state index contributed by atoms with van der Waals surface area (Å²) in [5.74, 6) is 0.213. The maximum Gasteiger partial charge on any atom is 0.205 e. The summed E-state index contributed by atoms with van der Waals surface area (Å²) in [5, 5.41) is 4.94. The van der Waals surface area contributed by atoms with Gasteiger partial charge >= 0.3 is 0 Å². The van der Waals surface area contributed by atoms with Crippen molar-refractivity contribution in [1.82, 2.24) is 5.09 Å². The van der Waals surface area contributed by atoms with Crippen LogP contribution in [-0.2, 0) is 9.36 Å². The Hall–Kier alpha value is -2.48. The van der Waals surface area contributed by atoms with E-state index < -0.39 is 7.29 Å². The monoisotopic (exact) mass is 433 g/mol. The fraction of sp³-hybridized carbons (Fsp3) is 0.296. The summed E-state index contributed by atoms with van der Waals surface area (Å²) in [6.45, 7) is 2.17. The van der Waals surface area contributed by atoms with E-state index in [0.717, 1.165) is 41.9 Å². The lowest BCUT2D eigenvalue weighted by molar-refractivity contribution is -0.119. The molecule has 0 aliphatic carbocycles. The lowest BCUT2D eigenvalue weighted by Crippen LogP contribution is -2.31. The first-order chi connectivity index (χ1) is 15.1. The summed E-state index contributed by atoms with van der Waals surface area (Å²) in [7, 11) is -3.14. The Labute approximate surface area is 186 Å². The Morgan fingerprint density at radius 1 is 0.774 bits per heavy atom. The fourth-order valence-corrected chi connectivity index (χ4v) is 6.26. The topological polar surface area (TPSA) is 46.2 Å². The van der Waals surface area contributed by atoms with Crippen LogP contribution in [0.15, 0.2) is 91.0 Å². The number of unbranched alkanes of at least 4 members (excludes halogenated alkanes) is 3. The molecule has 1 unspecified atom stereocenters. The van der Waals surface area contributed by atoms with Crippen LogP contribution < -0.4 is 15.7 Å². The van der Waals surface area contributed by atoms with Crippen molar-refractivity contribution in [3.63, 3.8) is 0 Å². The number of benzene rings is 3. The minimum absolute atomic E-state index is 0.213. The Balaban J connectivity index is 1.90. The number of carbonyl (C=O) groups excluding carboxylic acids is 1. The number of hydrogen-bond donors (Lipinski definition) is 1. The van der Waals surface area contributed by atoms with Crippen molar-refractivity contribution in [2.24, 2.45) is 0 Å². The van der Waals surface area contributed by atoms with Crippen molar-refractivity contribution in [2.45, 2.75) is 51.5 Å². The van der Waals surface area contributed by atoms with E-state index >= 15 is 0 Å². The molecular formula is C27H32NO2P. The zero-order valence-electron chi connectivity index (χ0n) is 18.2. The zero-order chi connectivity index (χ0) is 21.9. The van der Waals surface area contributed by atoms with E-state index in [2.05, 4.69) is 12.0 Å². The highest BCUT2D eigenvalue weighted by atomic mass is 31.2. The molecule has 3 aromatic rings. The third-order valence-corrected chi connectivity index (χ3v) is 8.25. The molecule has 31 heavy (non-hydrogen) atoms. The predicted molar refractivity (Wildman–Crippen MR) is 130 cm³/mol. The van der Waals surface area contributed by atoms with Gasteiger partial charge in [0.1, 0.15) is 5.78 Å². The van der Waals surface area contributed by atoms with Gasteiger partial charge in [0.25, 0.3) is 0 Å². The van der Waals surface area contributed by atoms with Crippen molar-refractivity contribution < 1.29 is 9.36 Å². The van der Waals surface area contributed by atoms with Gasteiger partial charge in [0.05, 0.1) is 0 Å². The Bertz CT molecular complexity index is 930. The van der Waals surface area contributed by atoms with Crippen LogP contribution in [0.4, 0.5) is 0 Å². The fourth-order valence-electron chi connectivity index (χ4n) is 3.80. The van der Waals surface area contributed by atoms with Gasteiger partial charge in [-0.1, -0.05) is 92.9 Å². The molecule has 4 heteroatoms. The third-order valence-electron chi connectivity index (χ3n) is 5.52. The predicted octanol–water partition coefficient (Wildman–Crippen LogP) is 6.18. The van der Waals surface area contributed by atoms with E-state index in [1.165, 1.54) is 0 Å². The number of hydrogen-bond acceptors (Lipinski definition) is 2. The van der Waals surface area contributed by atoms with Crippen molar-refractivity contribution >= 4 is 23.7 Å². The Kier molecular flexibility index (Phi) is 8.82. The number of ketones is 1. The largest absolute Gasteiger partial charge is 0.300 e. The van der Waals surface area contributed by atoms with Gasteiger partial charge in [-0.3, -0.25) is 14.4 Å². The summed E-state index contributed by atoms with van der Waals surface area (Å²) in [6, 6.07) is 28.6. The molecule has 0 aliphatic heterocycles. The Morgan fingerprint density at radius 2 is 1.29 bits per heavy atom. The molecule has 3 rings (SSSR count). The van der Waals surface area contributed by atoms with Gasteiger partial charge in [-0.25, -0.2) is 0 Å². The van der Waals surface area contributed by atoms with Crippen molar-refractivity contribution in [3.8, 4) is 0 Å². The van der Waals surface area contributed by atoms with Crippen molar-refractivity contribution in [1.29, 1.82) is 0 Å². The first kappa shape index (κ1) is 23.2. The smallest absolute Gasteiger partial charge is 0.205 e. The van der Waals surface area contributed by atoms with Crippen LogP contribution in [0.2, 0.25) is 0 Å². The molecule has 0 aliphatic rings. The average molecular weight is 434 g/mol. The second-order valence-electron chi connectivity index (χ2n) is 7.93. The van der Waals surface area contributed by atoms with Gasteiger partial charge < -0.3 is 0 Å². The van der Waals surface area contributed by atoms with Crippen LogP contribution in [0.25, 0.3) is 0 Å². The highest BCUT2D eigenvalue weighted by Gasteiger charge is 2.31. The Morgan fingerprint density at radius 3 is 1.81 bits per heavy atom. The van der Waals surface area contributed by atoms with E-state index in [1.54, 1.807) is 0 Å². The van der Waals surface area contributed by atoms with Crippen LogP contribution in [-0.4, -0.2) is 5.78 Å². The maximum atomic E-state index is 14.5. The number of Topliss-reactive ketones (excluding diaryl/α,β-unsaturated/α-hetero) is 1. The molecular weight excluding hydrogens is 401 g/mol. The average Bonchev–Trinajstić information content (AvgIpc) is 2.83. The van der Waals surface area contributed by atoms with Crippen LogP contribution in [0.3, 0.4) is 0 Å². The summed E-state index contributed by atoms with van der Waals surface area (Å²) in [6.07, 6.45) is 5.22. The van der Waals surface area contributed by atoms with Gasteiger partial charge in [-0.05, 0) is 36.2 Å². The molecule has 0 aromatic heterocycles. The molecule has 3 nitrogen and oxygen atoms in total. The van der Waals surface area contributed by atoms with Crippen LogP contribution in [0, 0.1) is 0 Å². The zero-order valence-corrected chi connectivity index (χ0v) is 19.1. The van der Waals surface area contributed by atoms with E-state index in [9.17, 15) is 9.36 Å². The molecule has 0 fully saturated rings. The molecule has 162 valence electrons. The van der Waals surface area contributed by atoms with Crippen molar-refractivity contribution in [2.75, 3.05) is 0 Å². The quantitative estimate of drug-likeness (QED) is 0.274. The first-order valence-corrected chi connectivity index (χ1v) is 12.9. The molecule has 1 atom stereocenters. The first-order valence-electron chi connectivity index (χ1n) is 11.2. The van der Waals surface area contributed by atoms with Gasteiger partial charge in [0, 0.05) is 29.5 Å². The van der Waals surface area contributed by atoms with Crippen LogP contribution >= 0.6 is 7.29 Å². The van der Waals surface area contributed by atoms with E-state index in [4.69, 9.17) is 0 Å². The lowest BCUT2D eigenvalue weighted by Gasteiger charge is -2.27. The standard InChI is InChI=1S/C27H32NO2P/c1-2-3-4-10-17-24(29)22-27(23-15-8-5-9-16-23)28-31(30,25-18-11-6-12-19-25)26-20-13-7-14-21-26/h5-9,11-16,18-21,27H,2-4,10,17,22H2,1H3,(H,28,30). The van der Waals surface area contributed by atoms with E-state index in [1.807, 2.05) is 91.0 Å². The highest BCUT2D eigenvalue weighted by Crippen LogP contribution is 2.42.